The highest BCUT2D eigenvalue weighted by Crippen LogP contribution is 2.20. The number of primary amides is 1. The Balaban J connectivity index is 2.78. The summed E-state index contributed by atoms with van der Waals surface area (Å²) < 4.78 is 5.55. The van der Waals surface area contributed by atoms with Gasteiger partial charge in [-0.2, -0.15) is 0 Å². The molecule has 0 aliphatic rings. The molecule has 0 spiro atoms. The molecule has 1 amide bonds. The van der Waals surface area contributed by atoms with Crippen molar-refractivity contribution in [3.05, 3.63) is 28.2 Å². The Morgan fingerprint density at radius 1 is 1.47 bits per heavy atom. The molecule has 17 heavy (non-hydrogen) atoms. The molecule has 3 N–H and O–H groups in total. The van der Waals surface area contributed by atoms with E-state index in [-0.39, 0.29) is 12.5 Å². The molecule has 0 aromatic heterocycles. The molecule has 0 bridgehead atoms. The van der Waals surface area contributed by atoms with Gasteiger partial charge in [0.05, 0.1) is 12.2 Å². The molecule has 5 nitrogen and oxygen atoms in total. The molecule has 0 radical (unpaired) electrons. The Kier molecular flexibility index (Phi) is 4.96. The molecule has 1 aromatic carbocycles. The van der Waals surface area contributed by atoms with Crippen LogP contribution in [0.3, 0.4) is 0 Å². The third-order valence-electron chi connectivity index (χ3n) is 1.98. The Labute approximate surface area is 107 Å². The number of amides is 1. The van der Waals surface area contributed by atoms with Crippen LogP contribution in [0.25, 0.3) is 0 Å². The van der Waals surface area contributed by atoms with Gasteiger partial charge < -0.3 is 15.8 Å². The van der Waals surface area contributed by atoms with Crippen molar-refractivity contribution in [3.8, 4) is 0 Å². The standard InChI is InChI=1S/C11H13BrN2O3/c1-2-17-10(15)6-14-9-5-7(12)3-4-8(9)11(13)16/h3-5,14H,2,6H2,1H3,(H2,13,16). The van der Waals surface area contributed by atoms with Crippen molar-refractivity contribution in [2.45, 2.75) is 6.92 Å². The van der Waals surface area contributed by atoms with E-state index in [1.165, 1.54) is 0 Å². The van der Waals surface area contributed by atoms with Crippen molar-refractivity contribution in [1.29, 1.82) is 0 Å². The molecular weight excluding hydrogens is 288 g/mol. The number of benzene rings is 1. The van der Waals surface area contributed by atoms with E-state index in [4.69, 9.17) is 10.5 Å². The summed E-state index contributed by atoms with van der Waals surface area (Å²) in [5.74, 6) is -0.938. The summed E-state index contributed by atoms with van der Waals surface area (Å²) in [6.45, 7) is 2.04. The second kappa shape index (κ2) is 6.24. The van der Waals surface area contributed by atoms with Crippen molar-refractivity contribution >= 4 is 33.5 Å². The molecule has 0 saturated heterocycles. The number of nitrogens with one attached hydrogen (secondary N) is 1. The normalized spacial score (nSPS) is 9.76. The highest BCUT2D eigenvalue weighted by molar-refractivity contribution is 9.10. The lowest BCUT2D eigenvalue weighted by atomic mass is 10.1. The molecule has 0 saturated carbocycles. The molecule has 92 valence electrons. The summed E-state index contributed by atoms with van der Waals surface area (Å²) in [6.07, 6.45) is 0. The number of nitrogens with two attached hydrogens (primary N) is 1. The Morgan fingerprint density at radius 2 is 2.18 bits per heavy atom. The predicted molar refractivity (Wildman–Crippen MR) is 67.8 cm³/mol. The number of ether oxygens (including phenoxy) is 1. The first-order valence-electron chi connectivity index (χ1n) is 5.03. The average Bonchev–Trinajstić information content (AvgIpc) is 2.26. The zero-order valence-electron chi connectivity index (χ0n) is 9.33. The maximum atomic E-state index is 11.2. The Bertz CT molecular complexity index is 435. The van der Waals surface area contributed by atoms with E-state index in [0.717, 1.165) is 4.47 Å². The first kappa shape index (κ1) is 13.5. The van der Waals surface area contributed by atoms with E-state index in [0.29, 0.717) is 17.9 Å². The monoisotopic (exact) mass is 300 g/mol. The number of rotatable bonds is 5. The lowest BCUT2D eigenvalue weighted by Gasteiger charge is -2.10. The molecule has 1 rings (SSSR count). The quantitative estimate of drug-likeness (QED) is 0.808. The van der Waals surface area contributed by atoms with Crippen molar-refractivity contribution in [1.82, 2.24) is 0 Å². The maximum Gasteiger partial charge on any atom is 0.325 e. The summed E-state index contributed by atoms with van der Waals surface area (Å²) in [6, 6.07) is 4.97. The third kappa shape index (κ3) is 4.07. The van der Waals surface area contributed by atoms with Gasteiger partial charge in [0.2, 0.25) is 0 Å². The molecule has 6 heteroatoms. The van der Waals surface area contributed by atoms with Crippen LogP contribution < -0.4 is 11.1 Å². The van der Waals surface area contributed by atoms with Crippen molar-refractivity contribution in [2.24, 2.45) is 5.73 Å². The van der Waals surface area contributed by atoms with Gasteiger partial charge >= 0.3 is 5.97 Å². The number of anilines is 1. The molecule has 1 aromatic rings. The summed E-state index contributed by atoms with van der Waals surface area (Å²) in [4.78, 5) is 22.3. The number of esters is 1. The minimum atomic E-state index is -0.552. The fraction of sp³-hybridized carbons (Fsp3) is 0.273. The topological polar surface area (TPSA) is 81.4 Å². The summed E-state index contributed by atoms with van der Waals surface area (Å²) in [5, 5.41) is 2.81. The highest BCUT2D eigenvalue weighted by atomic mass is 79.9. The van der Waals surface area contributed by atoms with Gasteiger partial charge in [0.15, 0.2) is 0 Å². The number of carbonyl (C=O) groups is 2. The first-order chi connectivity index (χ1) is 8.04. The van der Waals surface area contributed by atoms with Crippen LogP contribution in [0, 0.1) is 0 Å². The van der Waals surface area contributed by atoms with Crippen LogP contribution in [0.1, 0.15) is 17.3 Å². The molecule has 0 fully saturated rings. The number of hydrogen-bond acceptors (Lipinski definition) is 4. The summed E-state index contributed by atoms with van der Waals surface area (Å²) in [7, 11) is 0. The summed E-state index contributed by atoms with van der Waals surface area (Å²) >= 11 is 3.27. The van der Waals surface area contributed by atoms with E-state index in [2.05, 4.69) is 21.2 Å². The molecular formula is C11H13BrN2O3. The molecule has 0 atom stereocenters. The van der Waals surface area contributed by atoms with Crippen LogP contribution in [-0.4, -0.2) is 25.0 Å². The van der Waals surface area contributed by atoms with E-state index in [9.17, 15) is 9.59 Å². The van der Waals surface area contributed by atoms with Crippen LogP contribution in [0.2, 0.25) is 0 Å². The lowest BCUT2D eigenvalue weighted by molar-refractivity contribution is -0.140. The minimum Gasteiger partial charge on any atom is -0.465 e. The van der Waals surface area contributed by atoms with Gasteiger partial charge in [0, 0.05) is 10.2 Å². The van der Waals surface area contributed by atoms with Gasteiger partial charge in [0.25, 0.3) is 5.91 Å². The fourth-order valence-electron chi connectivity index (χ4n) is 1.26. The van der Waals surface area contributed by atoms with Crippen LogP contribution in [0.15, 0.2) is 22.7 Å². The SMILES string of the molecule is CCOC(=O)CNc1cc(Br)ccc1C(N)=O. The lowest BCUT2D eigenvalue weighted by Crippen LogP contribution is -2.20. The van der Waals surface area contributed by atoms with E-state index < -0.39 is 5.91 Å². The van der Waals surface area contributed by atoms with Gasteiger partial charge in [-0.3, -0.25) is 9.59 Å². The number of carbonyl (C=O) groups excluding carboxylic acids is 2. The number of hydrogen-bond donors (Lipinski definition) is 2. The predicted octanol–water partition coefficient (Wildman–Crippen LogP) is 1.52. The fourth-order valence-corrected chi connectivity index (χ4v) is 1.62. The zero-order valence-corrected chi connectivity index (χ0v) is 10.9. The van der Waals surface area contributed by atoms with Gasteiger partial charge in [-0.05, 0) is 25.1 Å². The van der Waals surface area contributed by atoms with E-state index in [1.54, 1.807) is 25.1 Å². The van der Waals surface area contributed by atoms with E-state index in [1.807, 2.05) is 0 Å². The number of halogens is 1. The van der Waals surface area contributed by atoms with Gasteiger partial charge in [0.1, 0.15) is 6.54 Å². The van der Waals surface area contributed by atoms with Gasteiger partial charge in [-0.25, -0.2) is 0 Å². The molecule has 0 unspecified atom stereocenters. The second-order valence-corrected chi connectivity index (χ2v) is 4.13. The Hall–Kier alpha value is -1.56. The van der Waals surface area contributed by atoms with E-state index >= 15 is 0 Å². The minimum absolute atomic E-state index is 0.00935. The summed E-state index contributed by atoms with van der Waals surface area (Å²) in [5.41, 5.74) is 6.05. The molecule has 0 aliphatic carbocycles. The van der Waals surface area contributed by atoms with Crippen molar-refractivity contribution in [3.63, 3.8) is 0 Å². The first-order valence-corrected chi connectivity index (χ1v) is 5.82. The molecule has 0 aliphatic heterocycles. The average molecular weight is 301 g/mol. The molecule has 0 heterocycles. The van der Waals surface area contributed by atoms with Crippen molar-refractivity contribution < 1.29 is 14.3 Å². The maximum absolute atomic E-state index is 11.2. The van der Waals surface area contributed by atoms with Crippen LogP contribution >= 0.6 is 15.9 Å². The van der Waals surface area contributed by atoms with Crippen molar-refractivity contribution in [2.75, 3.05) is 18.5 Å². The van der Waals surface area contributed by atoms with Gasteiger partial charge in [-0.1, -0.05) is 15.9 Å². The Morgan fingerprint density at radius 3 is 2.76 bits per heavy atom. The smallest absolute Gasteiger partial charge is 0.325 e. The van der Waals surface area contributed by atoms with Gasteiger partial charge in [-0.15, -0.1) is 0 Å². The van der Waals surface area contributed by atoms with Crippen LogP contribution in [-0.2, 0) is 9.53 Å². The largest absolute Gasteiger partial charge is 0.465 e. The van der Waals surface area contributed by atoms with Crippen LogP contribution in [0.4, 0.5) is 5.69 Å². The highest BCUT2D eigenvalue weighted by Gasteiger charge is 2.10. The second-order valence-electron chi connectivity index (χ2n) is 3.21. The third-order valence-corrected chi connectivity index (χ3v) is 2.47. The van der Waals surface area contributed by atoms with Crippen LogP contribution in [0.5, 0.6) is 0 Å². The zero-order chi connectivity index (χ0) is 12.8.